The van der Waals surface area contributed by atoms with Gasteiger partial charge in [-0.2, -0.15) is 0 Å². The van der Waals surface area contributed by atoms with Crippen LogP contribution in [0.25, 0.3) is 0 Å². The number of benzene rings is 1. The van der Waals surface area contributed by atoms with E-state index in [1.165, 1.54) is 10.5 Å². The Bertz CT molecular complexity index is 408. The molecule has 0 aromatic heterocycles. The maximum atomic E-state index is 9.43. The van der Waals surface area contributed by atoms with Gasteiger partial charge in [0.2, 0.25) is 0 Å². The number of rotatable bonds is 4. The van der Waals surface area contributed by atoms with Gasteiger partial charge in [-0.1, -0.05) is 0 Å². The Balaban J connectivity index is 2.24. The largest absolute Gasteiger partial charge is 0.496 e. The summed E-state index contributed by atoms with van der Waals surface area (Å²) in [6.07, 6.45) is 0. The number of aliphatic hydroxyl groups is 1. The first-order valence-electron chi connectivity index (χ1n) is 5.63. The topological polar surface area (TPSA) is 38.7 Å². The summed E-state index contributed by atoms with van der Waals surface area (Å²) in [6, 6.07) is 4.16. The predicted molar refractivity (Wildman–Crippen MR) is 69.0 cm³/mol. The van der Waals surface area contributed by atoms with E-state index in [1.807, 2.05) is 13.0 Å². The van der Waals surface area contributed by atoms with Gasteiger partial charge < -0.3 is 14.6 Å². The number of methoxy groups -OCH3 is 1. The molecule has 0 amide bonds. The molecule has 17 heavy (non-hydrogen) atoms. The normalized spacial score (nSPS) is 17.6. The van der Waals surface area contributed by atoms with E-state index < -0.39 is 0 Å². The molecule has 0 unspecified atom stereocenters. The molecule has 1 fully saturated rings. The van der Waals surface area contributed by atoms with Gasteiger partial charge in [0.15, 0.2) is 0 Å². The molecule has 2 rings (SSSR count). The van der Waals surface area contributed by atoms with Crippen molar-refractivity contribution in [3.05, 3.63) is 23.3 Å². The number of hydrogen-bond acceptors (Lipinski definition) is 4. The summed E-state index contributed by atoms with van der Waals surface area (Å²) in [5.41, 5.74) is 2.30. The molecular formula is C13H18O3S. The van der Waals surface area contributed by atoms with Crippen LogP contribution < -0.4 is 4.74 Å². The van der Waals surface area contributed by atoms with E-state index in [2.05, 4.69) is 13.0 Å². The van der Waals surface area contributed by atoms with E-state index in [-0.39, 0.29) is 11.4 Å². The van der Waals surface area contributed by atoms with Crippen LogP contribution in [0, 0.1) is 13.8 Å². The Labute approximate surface area is 106 Å². The van der Waals surface area contributed by atoms with E-state index >= 15 is 0 Å². The molecule has 4 heteroatoms. The van der Waals surface area contributed by atoms with Gasteiger partial charge >= 0.3 is 0 Å². The number of ether oxygens (including phenoxy) is 2. The van der Waals surface area contributed by atoms with Crippen molar-refractivity contribution in [3.8, 4) is 5.75 Å². The van der Waals surface area contributed by atoms with Crippen LogP contribution in [0.1, 0.15) is 11.1 Å². The molecule has 1 aromatic rings. The number of hydrogen-bond donors (Lipinski definition) is 1. The highest BCUT2D eigenvalue weighted by atomic mass is 32.2. The summed E-state index contributed by atoms with van der Waals surface area (Å²) in [4.78, 5) is 1.20. The van der Waals surface area contributed by atoms with Gasteiger partial charge in [-0.25, -0.2) is 0 Å². The van der Waals surface area contributed by atoms with E-state index in [0.717, 1.165) is 11.3 Å². The molecule has 1 aliphatic rings. The Kier molecular flexibility index (Phi) is 3.66. The fourth-order valence-electron chi connectivity index (χ4n) is 1.84. The molecule has 0 spiro atoms. The van der Waals surface area contributed by atoms with Crippen molar-refractivity contribution in [2.45, 2.75) is 23.5 Å². The first kappa shape index (κ1) is 12.7. The van der Waals surface area contributed by atoms with Crippen LogP contribution in [0.5, 0.6) is 5.75 Å². The van der Waals surface area contributed by atoms with Gasteiger partial charge in [0.05, 0.1) is 31.7 Å². The van der Waals surface area contributed by atoms with Gasteiger partial charge in [0.1, 0.15) is 5.75 Å². The Morgan fingerprint density at radius 2 is 2.06 bits per heavy atom. The van der Waals surface area contributed by atoms with Crippen LogP contribution in [0.4, 0.5) is 0 Å². The molecule has 1 N–H and O–H groups in total. The second kappa shape index (κ2) is 4.88. The first-order valence-corrected chi connectivity index (χ1v) is 6.45. The Hall–Kier alpha value is -0.710. The van der Waals surface area contributed by atoms with Crippen molar-refractivity contribution in [3.63, 3.8) is 0 Å². The van der Waals surface area contributed by atoms with Gasteiger partial charge in [-0.3, -0.25) is 0 Å². The lowest BCUT2D eigenvalue weighted by molar-refractivity contribution is -0.0318. The van der Waals surface area contributed by atoms with Crippen molar-refractivity contribution in [2.75, 3.05) is 26.9 Å². The molecular weight excluding hydrogens is 236 g/mol. The molecule has 1 saturated heterocycles. The maximum Gasteiger partial charge on any atom is 0.122 e. The third-order valence-electron chi connectivity index (χ3n) is 3.04. The quantitative estimate of drug-likeness (QED) is 0.893. The SMILES string of the molecule is COc1cc(C)c(SC2(CO)COC2)cc1C. The number of thioether (sulfide) groups is 1. The average molecular weight is 254 g/mol. The molecule has 0 saturated carbocycles. The van der Waals surface area contributed by atoms with Gasteiger partial charge in [0, 0.05) is 4.90 Å². The average Bonchev–Trinajstić information content (AvgIpc) is 2.27. The summed E-state index contributed by atoms with van der Waals surface area (Å²) in [6.45, 7) is 5.50. The summed E-state index contributed by atoms with van der Waals surface area (Å²) in [5.74, 6) is 0.912. The minimum atomic E-state index is -0.147. The van der Waals surface area contributed by atoms with Crippen molar-refractivity contribution in [2.24, 2.45) is 0 Å². The fraction of sp³-hybridized carbons (Fsp3) is 0.538. The highest BCUT2D eigenvalue weighted by molar-refractivity contribution is 8.00. The van der Waals surface area contributed by atoms with Gasteiger partial charge in [0.25, 0.3) is 0 Å². The lowest BCUT2D eigenvalue weighted by atomic mass is 10.1. The third kappa shape index (κ3) is 2.44. The molecule has 1 heterocycles. The predicted octanol–water partition coefficient (Wildman–Crippen LogP) is 2.17. The van der Waals surface area contributed by atoms with E-state index in [9.17, 15) is 5.11 Å². The fourth-order valence-corrected chi connectivity index (χ4v) is 3.11. The minimum absolute atomic E-state index is 0.147. The van der Waals surface area contributed by atoms with Crippen LogP contribution in [0.15, 0.2) is 17.0 Å². The summed E-state index contributed by atoms with van der Waals surface area (Å²) < 4.78 is 10.4. The zero-order valence-corrected chi connectivity index (χ0v) is 11.3. The standard InChI is InChI=1S/C13H18O3S/c1-9-5-12(10(2)4-11(9)15-3)17-13(6-14)7-16-8-13/h4-5,14H,6-8H2,1-3H3. The number of aryl methyl sites for hydroxylation is 2. The molecule has 3 nitrogen and oxygen atoms in total. The summed E-state index contributed by atoms with van der Waals surface area (Å²) >= 11 is 1.71. The lowest BCUT2D eigenvalue weighted by Gasteiger charge is -2.39. The molecule has 1 aromatic carbocycles. The second-order valence-electron chi connectivity index (χ2n) is 4.52. The van der Waals surface area contributed by atoms with Crippen molar-refractivity contribution >= 4 is 11.8 Å². The van der Waals surface area contributed by atoms with Crippen molar-refractivity contribution < 1.29 is 14.6 Å². The monoisotopic (exact) mass is 254 g/mol. The van der Waals surface area contributed by atoms with Crippen molar-refractivity contribution in [1.82, 2.24) is 0 Å². The van der Waals surface area contributed by atoms with E-state index in [4.69, 9.17) is 9.47 Å². The second-order valence-corrected chi connectivity index (χ2v) is 6.03. The molecule has 0 bridgehead atoms. The van der Waals surface area contributed by atoms with Crippen LogP contribution in [0.2, 0.25) is 0 Å². The van der Waals surface area contributed by atoms with Gasteiger partial charge in [-0.05, 0) is 37.1 Å². The minimum Gasteiger partial charge on any atom is -0.496 e. The number of aliphatic hydroxyl groups excluding tert-OH is 1. The van der Waals surface area contributed by atoms with Gasteiger partial charge in [-0.15, -0.1) is 11.8 Å². The first-order chi connectivity index (χ1) is 8.10. The third-order valence-corrected chi connectivity index (χ3v) is 4.49. The zero-order chi connectivity index (χ0) is 12.5. The van der Waals surface area contributed by atoms with Crippen LogP contribution in [-0.2, 0) is 4.74 Å². The van der Waals surface area contributed by atoms with E-state index in [0.29, 0.717) is 13.2 Å². The summed E-state index contributed by atoms with van der Waals surface area (Å²) in [7, 11) is 1.68. The molecule has 94 valence electrons. The Morgan fingerprint density at radius 3 is 2.53 bits per heavy atom. The van der Waals surface area contributed by atoms with Crippen LogP contribution >= 0.6 is 11.8 Å². The van der Waals surface area contributed by atoms with E-state index in [1.54, 1.807) is 18.9 Å². The summed E-state index contributed by atoms with van der Waals surface area (Å²) in [5, 5.41) is 9.43. The molecule has 0 radical (unpaired) electrons. The molecule has 0 aliphatic carbocycles. The molecule has 0 atom stereocenters. The maximum absolute atomic E-state index is 9.43. The highest BCUT2D eigenvalue weighted by Crippen LogP contribution is 2.41. The highest BCUT2D eigenvalue weighted by Gasteiger charge is 2.39. The van der Waals surface area contributed by atoms with Crippen LogP contribution in [0.3, 0.4) is 0 Å². The zero-order valence-electron chi connectivity index (χ0n) is 10.4. The van der Waals surface area contributed by atoms with Crippen LogP contribution in [-0.4, -0.2) is 36.8 Å². The molecule has 1 aliphatic heterocycles. The van der Waals surface area contributed by atoms with Crippen molar-refractivity contribution in [1.29, 1.82) is 0 Å². The Morgan fingerprint density at radius 1 is 1.35 bits per heavy atom. The lowest BCUT2D eigenvalue weighted by Crippen LogP contribution is -2.49. The smallest absolute Gasteiger partial charge is 0.122 e.